The molecule has 0 unspecified atom stereocenters. The van der Waals surface area contributed by atoms with E-state index >= 15 is 0 Å². The maximum Gasteiger partial charge on any atom is 0.160 e. The number of fused-ring (bicyclic) bond motifs is 8. The number of hydrogen-bond donors (Lipinski definition) is 0. The van der Waals surface area contributed by atoms with Gasteiger partial charge in [-0.3, -0.25) is 0 Å². The second-order valence-electron chi connectivity index (χ2n) is 13.0. The molecule has 0 N–H and O–H groups in total. The predicted molar refractivity (Wildman–Crippen MR) is 205 cm³/mol. The molecule has 10 rings (SSSR count). The van der Waals surface area contributed by atoms with E-state index < -0.39 is 5.41 Å². The maximum atomic E-state index is 6.55. The Labute approximate surface area is 296 Å². The Bertz CT molecular complexity index is 2410. The summed E-state index contributed by atoms with van der Waals surface area (Å²) < 4.78 is 6.55. The Balaban J connectivity index is 1.14. The van der Waals surface area contributed by atoms with Crippen molar-refractivity contribution in [1.82, 2.24) is 9.97 Å². The van der Waals surface area contributed by atoms with E-state index in [9.17, 15) is 0 Å². The SMILES string of the molecule is c1ccc(-c2cc(-c3ccccc3)nc(-c3ccc(N4c5ccccc5C5(c6ccccc6Oc6ccccc65)c5ccccc54)cc3)n2)cc1. The molecule has 0 saturated carbocycles. The Morgan fingerprint density at radius 1 is 0.392 bits per heavy atom. The monoisotopic (exact) mass is 653 g/mol. The molecule has 0 atom stereocenters. The molecule has 2 aliphatic rings. The summed E-state index contributed by atoms with van der Waals surface area (Å²) in [5, 5.41) is 0. The Hall–Kier alpha value is -6.78. The molecule has 2 aliphatic heterocycles. The molecule has 0 fully saturated rings. The first kappa shape index (κ1) is 29.2. The summed E-state index contributed by atoms with van der Waals surface area (Å²) in [5.74, 6) is 2.45. The van der Waals surface area contributed by atoms with Crippen molar-refractivity contribution in [3.8, 4) is 45.4 Å². The van der Waals surface area contributed by atoms with Crippen molar-refractivity contribution in [1.29, 1.82) is 0 Å². The first-order valence-electron chi connectivity index (χ1n) is 17.3. The van der Waals surface area contributed by atoms with E-state index in [1.807, 2.05) is 36.4 Å². The Morgan fingerprint density at radius 2 is 0.824 bits per heavy atom. The standard InChI is InChI=1S/C47H31N3O/c1-3-15-32(16-4-1)40-31-41(33-17-5-2-6-18-33)49-46(48-40)34-27-29-35(30-28-34)50-42-23-11-7-19-36(42)47(37-20-8-12-24-43(37)50)38-21-9-13-25-44(38)51-45-26-14-10-22-39(45)47/h1-31H. The third kappa shape index (κ3) is 4.54. The summed E-state index contributed by atoms with van der Waals surface area (Å²) in [5.41, 5.74) is 12.3. The largest absolute Gasteiger partial charge is 0.457 e. The Kier molecular flexibility index (Phi) is 6.68. The smallest absolute Gasteiger partial charge is 0.160 e. The summed E-state index contributed by atoms with van der Waals surface area (Å²) in [6.45, 7) is 0. The third-order valence-electron chi connectivity index (χ3n) is 10.1. The fraction of sp³-hybridized carbons (Fsp3) is 0.0213. The summed E-state index contributed by atoms with van der Waals surface area (Å²) in [4.78, 5) is 12.5. The molecule has 7 aromatic carbocycles. The van der Waals surface area contributed by atoms with Crippen molar-refractivity contribution in [3.63, 3.8) is 0 Å². The molecule has 1 spiro atoms. The average molecular weight is 654 g/mol. The van der Waals surface area contributed by atoms with Gasteiger partial charge in [0, 0.05) is 33.5 Å². The number of aromatic nitrogens is 2. The average Bonchev–Trinajstić information content (AvgIpc) is 3.21. The van der Waals surface area contributed by atoms with E-state index in [4.69, 9.17) is 14.7 Å². The van der Waals surface area contributed by atoms with Gasteiger partial charge in [-0.05, 0) is 65.7 Å². The summed E-state index contributed by atoms with van der Waals surface area (Å²) in [7, 11) is 0. The van der Waals surface area contributed by atoms with Gasteiger partial charge in [-0.1, -0.05) is 133 Å². The molecule has 3 heterocycles. The van der Waals surface area contributed by atoms with Gasteiger partial charge in [-0.25, -0.2) is 9.97 Å². The van der Waals surface area contributed by atoms with Crippen LogP contribution in [0.3, 0.4) is 0 Å². The van der Waals surface area contributed by atoms with Crippen molar-refractivity contribution in [2.45, 2.75) is 5.41 Å². The number of anilines is 3. The molecule has 0 radical (unpaired) electrons. The van der Waals surface area contributed by atoms with E-state index in [2.05, 4.69) is 157 Å². The van der Waals surface area contributed by atoms with Gasteiger partial charge in [0.15, 0.2) is 5.82 Å². The fourth-order valence-corrected chi connectivity index (χ4v) is 7.95. The van der Waals surface area contributed by atoms with Crippen LogP contribution in [-0.4, -0.2) is 9.97 Å². The fourth-order valence-electron chi connectivity index (χ4n) is 7.95. The lowest BCUT2D eigenvalue weighted by molar-refractivity contribution is 0.434. The number of rotatable bonds is 4. The van der Waals surface area contributed by atoms with Gasteiger partial charge in [0.05, 0.1) is 28.2 Å². The van der Waals surface area contributed by atoms with Crippen molar-refractivity contribution >= 4 is 17.1 Å². The molecule has 240 valence electrons. The van der Waals surface area contributed by atoms with Crippen LogP contribution in [0.2, 0.25) is 0 Å². The molecule has 0 aliphatic carbocycles. The second-order valence-corrected chi connectivity index (χ2v) is 13.0. The highest BCUT2D eigenvalue weighted by Crippen LogP contribution is 2.62. The highest BCUT2D eigenvalue weighted by molar-refractivity contribution is 5.91. The second kappa shape index (κ2) is 11.7. The van der Waals surface area contributed by atoms with Crippen molar-refractivity contribution in [3.05, 3.63) is 210 Å². The molecule has 4 nitrogen and oxygen atoms in total. The molecule has 4 heteroatoms. The molecule has 0 saturated heterocycles. The first-order valence-corrected chi connectivity index (χ1v) is 17.3. The zero-order chi connectivity index (χ0) is 33.8. The Morgan fingerprint density at radius 3 is 1.33 bits per heavy atom. The topological polar surface area (TPSA) is 38.2 Å². The van der Waals surface area contributed by atoms with Crippen molar-refractivity contribution in [2.24, 2.45) is 0 Å². The van der Waals surface area contributed by atoms with Gasteiger partial charge in [0.1, 0.15) is 11.5 Å². The quantitative estimate of drug-likeness (QED) is 0.189. The maximum absolute atomic E-state index is 6.55. The van der Waals surface area contributed by atoms with Crippen molar-refractivity contribution < 1.29 is 4.74 Å². The van der Waals surface area contributed by atoms with Gasteiger partial charge in [0.25, 0.3) is 0 Å². The van der Waals surface area contributed by atoms with Crippen molar-refractivity contribution in [2.75, 3.05) is 4.90 Å². The number of para-hydroxylation sites is 4. The van der Waals surface area contributed by atoms with E-state index in [-0.39, 0.29) is 0 Å². The normalized spacial score (nSPS) is 13.4. The van der Waals surface area contributed by atoms with Crippen LogP contribution in [0, 0.1) is 0 Å². The van der Waals surface area contributed by atoms with Crippen LogP contribution in [0.4, 0.5) is 17.1 Å². The van der Waals surface area contributed by atoms with Gasteiger partial charge >= 0.3 is 0 Å². The molecule has 0 amide bonds. The van der Waals surface area contributed by atoms with Crippen LogP contribution < -0.4 is 9.64 Å². The minimum Gasteiger partial charge on any atom is -0.457 e. The lowest BCUT2D eigenvalue weighted by Crippen LogP contribution is -2.39. The van der Waals surface area contributed by atoms with Crippen LogP contribution in [0.15, 0.2) is 188 Å². The molecule has 51 heavy (non-hydrogen) atoms. The summed E-state index contributed by atoms with van der Waals surface area (Å²) >= 11 is 0. The lowest BCUT2D eigenvalue weighted by Gasteiger charge is -2.48. The minimum absolute atomic E-state index is 0.561. The van der Waals surface area contributed by atoms with Crippen LogP contribution >= 0.6 is 0 Å². The van der Waals surface area contributed by atoms with E-state index in [0.29, 0.717) is 5.82 Å². The first-order chi connectivity index (χ1) is 25.3. The van der Waals surface area contributed by atoms with Gasteiger partial charge in [0.2, 0.25) is 0 Å². The minimum atomic E-state index is -0.561. The van der Waals surface area contributed by atoms with E-state index in [1.165, 1.54) is 11.1 Å². The predicted octanol–water partition coefficient (Wildman–Crippen LogP) is 11.7. The van der Waals surface area contributed by atoms with Crippen LogP contribution in [0.5, 0.6) is 11.5 Å². The number of benzene rings is 7. The third-order valence-corrected chi connectivity index (χ3v) is 10.1. The van der Waals surface area contributed by atoms with Crippen LogP contribution in [-0.2, 0) is 5.41 Å². The zero-order valence-electron chi connectivity index (χ0n) is 27.6. The van der Waals surface area contributed by atoms with E-state index in [0.717, 1.165) is 67.8 Å². The van der Waals surface area contributed by atoms with Crippen LogP contribution in [0.1, 0.15) is 22.3 Å². The lowest BCUT2D eigenvalue weighted by atomic mass is 9.61. The molecule has 0 bridgehead atoms. The zero-order valence-corrected chi connectivity index (χ0v) is 27.6. The summed E-state index contributed by atoms with van der Waals surface area (Å²) in [6.07, 6.45) is 0. The van der Waals surface area contributed by atoms with Gasteiger partial charge < -0.3 is 9.64 Å². The van der Waals surface area contributed by atoms with E-state index in [1.54, 1.807) is 0 Å². The van der Waals surface area contributed by atoms with Gasteiger partial charge in [-0.2, -0.15) is 0 Å². The molecule has 8 aromatic rings. The highest BCUT2D eigenvalue weighted by atomic mass is 16.5. The van der Waals surface area contributed by atoms with Gasteiger partial charge in [-0.15, -0.1) is 0 Å². The van der Waals surface area contributed by atoms with Crippen LogP contribution in [0.25, 0.3) is 33.9 Å². The molecule has 1 aromatic heterocycles. The summed E-state index contributed by atoms with van der Waals surface area (Å²) in [6, 6.07) is 65.9. The number of hydrogen-bond acceptors (Lipinski definition) is 4. The molecular weight excluding hydrogens is 623 g/mol. The number of ether oxygens (including phenoxy) is 1. The molecular formula is C47H31N3O. The highest BCUT2D eigenvalue weighted by Gasteiger charge is 2.50. The number of nitrogens with zero attached hydrogens (tertiary/aromatic N) is 3.